The van der Waals surface area contributed by atoms with Crippen LogP contribution < -0.4 is 4.74 Å². The molecule has 2 unspecified atom stereocenters. The molecule has 2 atom stereocenters. The van der Waals surface area contributed by atoms with Crippen molar-refractivity contribution in [3.8, 4) is 5.75 Å². The lowest BCUT2D eigenvalue weighted by Crippen LogP contribution is -2.30. The molecule has 0 aliphatic rings. The minimum atomic E-state index is -0.386. The van der Waals surface area contributed by atoms with Crippen molar-refractivity contribution in [1.82, 2.24) is 0 Å². The Morgan fingerprint density at radius 2 is 1.84 bits per heavy atom. The zero-order valence-electron chi connectivity index (χ0n) is 12.3. The van der Waals surface area contributed by atoms with E-state index in [4.69, 9.17) is 9.47 Å². The maximum absolute atomic E-state index is 10.00. The summed E-state index contributed by atoms with van der Waals surface area (Å²) in [6.07, 6.45) is 2.97. The van der Waals surface area contributed by atoms with Crippen molar-refractivity contribution in [3.05, 3.63) is 29.8 Å². The van der Waals surface area contributed by atoms with Crippen LogP contribution in [0.15, 0.2) is 24.3 Å². The minimum Gasteiger partial charge on any atom is -0.488 e. The Morgan fingerprint density at radius 1 is 1.16 bits per heavy atom. The highest BCUT2D eigenvalue weighted by Gasteiger charge is 2.18. The third-order valence-corrected chi connectivity index (χ3v) is 3.22. The number of hydrogen-bond donors (Lipinski definition) is 1. The van der Waals surface area contributed by atoms with Crippen LogP contribution in [0.3, 0.4) is 0 Å². The molecule has 0 radical (unpaired) electrons. The molecule has 3 nitrogen and oxygen atoms in total. The Hall–Kier alpha value is -1.06. The quantitative estimate of drug-likeness (QED) is 0.746. The molecule has 0 fully saturated rings. The molecule has 108 valence electrons. The van der Waals surface area contributed by atoms with Crippen molar-refractivity contribution in [2.45, 2.75) is 51.7 Å². The normalized spacial score (nSPS) is 14.1. The number of hydrogen-bond acceptors (Lipinski definition) is 3. The van der Waals surface area contributed by atoms with Gasteiger partial charge in [0.15, 0.2) is 0 Å². The second kappa shape index (κ2) is 8.94. The second-order valence-electron chi connectivity index (χ2n) is 4.81. The van der Waals surface area contributed by atoms with Crippen LogP contribution in [0.2, 0.25) is 0 Å². The Labute approximate surface area is 116 Å². The average molecular weight is 266 g/mol. The predicted molar refractivity (Wildman–Crippen MR) is 77.6 cm³/mol. The first-order valence-electron chi connectivity index (χ1n) is 7.13. The number of rotatable bonds is 9. The van der Waals surface area contributed by atoms with Crippen LogP contribution in [0, 0.1) is 0 Å². The first-order chi connectivity index (χ1) is 9.21. The van der Waals surface area contributed by atoms with E-state index < -0.39 is 0 Å². The third-order valence-electron chi connectivity index (χ3n) is 3.22. The maximum atomic E-state index is 10.00. The van der Waals surface area contributed by atoms with Crippen molar-refractivity contribution < 1.29 is 14.6 Å². The third kappa shape index (κ3) is 5.62. The second-order valence-corrected chi connectivity index (χ2v) is 4.81. The monoisotopic (exact) mass is 266 g/mol. The van der Waals surface area contributed by atoms with Crippen LogP contribution in [-0.2, 0) is 11.2 Å². The van der Waals surface area contributed by atoms with Gasteiger partial charge in [-0.1, -0.05) is 32.4 Å². The fourth-order valence-electron chi connectivity index (χ4n) is 2.05. The SMILES string of the molecule is CCCC(O)C(CC)Oc1ccc(CCOC)cc1. The van der Waals surface area contributed by atoms with Crippen LogP contribution in [0.1, 0.15) is 38.7 Å². The summed E-state index contributed by atoms with van der Waals surface area (Å²) in [6.45, 7) is 4.84. The number of methoxy groups -OCH3 is 1. The van der Waals surface area contributed by atoms with E-state index in [1.807, 2.05) is 31.2 Å². The van der Waals surface area contributed by atoms with Gasteiger partial charge in [0.25, 0.3) is 0 Å². The Bertz CT molecular complexity index is 334. The van der Waals surface area contributed by atoms with E-state index in [9.17, 15) is 5.11 Å². The van der Waals surface area contributed by atoms with Crippen LogP contribution >= 0.6 is 0 Å². The van der Waals surface area contributed by atoms with E-state index in [0.717, 1.165) is 38.0 Å². The molecule has 0 bridgehead atoms. The van der Waals surface area contributed by atoms with Gasteiger partial charge >= 0.3 is 0 Å². The predicted octanol–water partition coefficient (Wildman–Crippen LogP) is 3.19. The first-order valence-corrected chi connectivity index (χ1v) is 7.13. The van der Waals surface area contributed by atoms with Crippen molar-refractivity contribution in [2.24, 2.45) is 0 Å². The molecule has 0 amide bonds. The molecule has 0 aliphatic heterocycles. The summed E-state index contributed by atoms with van der Waals surface area (Å²) >= 11 is 0. The van der Waals surface area contributed by atoms with Gasteiger partial charge in [0.1, 0.15) is 11.9 Å². The lowest BCUT2D eigenvalue weighted by Gasteiger charge is -2.22. The molecule has 0 saturated heterocycles. The van der Waals surface area contributed by atoms with Crippen molar-refractivity contribution >= 4 is 0 Å². The zero-order chi connectivity index (χ0) is 14.1. The Balaban J connectivity index is 2.55. The lowest BCUT2D eigenvalue weighted by atomic mass is 10.1. The average Bonchev–Trinajstić information content (AvgIpc) is 2.44. The van der Waals surface area contributed by atoms with Crippen LogP contribution in [0.4, 0.5) is 0 Å². The highest BCUT2D eigenvalue weighted by Crippen LogP contribution is 2.18. The molecule has 0 heterocycles. The van der Waals surface area contributed by atoms with Gasteiger partial charge in [-0.15, -0.1) is 0 Å². The number of benzene rings is 1. The van der Waals surface area contributed by atoms with Gasteiger partial charge < -0.3 is 14.6 Å². The highest BCUT2D eigenvalue weighted by atomic mass is 16.5. The first kappa shape index (κ1) is 16.0. The molecular weight excluding hydrogens is 240 g/mol. The van der Waals surface area contributed by atoms with E-state index in [1.165, 1.54) is 5.56 Å². The Kier molecular flexibility index (Phi) is 7.53. The fourth-order valence-corrected chi connectivity index (χ4v) is 2.05. The highest BCUT2D eigenvalue weighted by molar-refractivity contribution is 5.27. The van der Waals surface area contributed by atoms with Gasteiger partial charge in [-0.2, -0.15) is 0 Å². The molecule has 3 heteroatoms. The van der Waals surface area contributed by atoms with E-state index in [-0.39, 0.29) is 12.2 Å². The molecule has 0 aliphatic carbocycles. The summed E-state index contributed by atoms with van der Waals surface area (Å²) in [4.78, 5) is 0. The molecule has 19 heavy (non-hydrogen) atoms. The molecule has 1 rings (SSSR count). The summed E-state index contributed by atoms with van der Waals surface area (Å²) in [5.74, 6) is 0.822. The van der Waals surface area contributed by atoms with Crippen LogP contribution in [0.5, 0.6) is 5.75 Å². The van der Waals surface area contributed by atoms with Gasteiger partial charge in [-0.05, 0) is 37.0 Å². The van der Waals surface area contributed by atoms with E-state index in [0.29, 0.717) is 0 Å². The van der Waals surface area contributed by atoms with E-state index in [1.54, 1.807) is 7.11 Å². The summed E-state index contributed by atoms with van der Waals surface area (Å²) in [5, 5.41) is 10.00. The van der Waals surface area contributed by atoms with Gasteiger partial charge in [0, 0.05) is 7.11 Å². The topological polar surface area (TPSA) is 38.7 Å². The molecule has 1 N–H and O–H groups in total. The Morgan fingerprint density at radius 3 is 2.37 bits per heavy atom. The smallest absolute Gasteiger partial charge is 0.124 e. The van der Waals surface area contributed by atoms with Gasteiger partial charge in [0.2, 0.25) is 0 Å². The minimum absolute atomic E-state index is 0.121. The summed E-state index contributed by atoms with van der Waals surface area (Å²) < 4.78 is 10.9. The molecule has 0 aromatic heterocycles. The summed E-state index contributed by atoms with van der Waals surface area (Å²) in [6, 6.07) is 8.03. The van der Waals surface area contributed by atoms with Crippen LogP contribution in [-0.4, -0.2) is 31.0 Å². The van der Waals surface area contributed by atoms with Gasteiger partial charge in [0.05, 0.1) is 12.7 Å². The zero-order valence-corrected chi connectivity index (χ0v) is 12.3. The van der Waals surface area contributed by atoms with E-state index >= 15 is 0 Å². The van der Waals surface area contributed by atoms with E-state index in [2.05, 4.69) is 6.92 Å². The molecule has 1 aromatic carbocycles. The van der Waals surface area contributed by atoms with Crippen LogP contribution in [0.25, 0.3) is 0 Å². The standard InChI is InChI=1S/C16H26O3/c1-4-6-15(17)16(5-2)19-14-9-7-13(8-10-14)11-12-18-3/h7-10,15-17H,4-6,11-12H2,1-3H3. The summed E-state index contributed by atoms with van der Waals surface area (Å²) in [5.41, 5.74) is 1.23. The van der Waals surface area contributed by atoms with Gasteiger partial charge in [-0.25, -0.2) is 0 Å². The molecule has 1 aromatic rings. The van der Waals surface area contributed by atoms with Gasteiger partial charge in [-0.3, -0.25) is 0 Å². The fraction of sp³-hybridized carbons (Fsp3) is 0.625. The number of ether oxygens (including phenoxy) is 2. The van der Waals surface area contributed by atoms with Crippen molar-refractivity contribution in [2.75, 3.05) is 13.7 Å². The summed E-state index contributed by atoms with van der Waals surface area (Å²) in [7, 11) is 1.71. The largest absolute Gasteiger partial charge is 0.488 e. The van der Waals surface area contributed by atoms with Crippen molar-refractivity contribution in [1.29, 1.82) is 0 Å². The molecule has 0 spiro atoms. The lowest BCUT2D eigenvalue weighted by molar-refractivity contribution is 0.0284. The maximum Gasteiger partial charge on any atom is 0.124 e. The molecule has 0 saturated carbocycles. The number of aliphatic hydroxyl groups excluding tert-OH is 1. The van der Waals surface area contributed by atoms with Crippen molar-refractivity contribution in [3.63, 3.8) is 0 Å². The number of aliphatic hydroxyl groups is 1. The molecular formula is C16H26O3.